The fraction of sp³-hybridized carbons (Fsp3) is 0. The number of nitrogens with zero attached hydrogens (tertiary/aromatic N) is 1. The monoisotopic (exact) mass is 289 g/mol. The number of hydrogen-bond acceptors (Lipinski definition) is 4. The molecule has 0 heterocycles. The van der Waals surface area contributed by atoms with Gasteiger partial charge in [-0.05, 0) is 6.07 Å². The van der Waals surface area contributed by atoms with Crippen molar-refractivity contribution in [2.45, 2.75) is 0 Å². The van der Waals surface area contributed by atoms with Crippen molar-refractivity contribution in [3.63, 3.8) is 0 Å². The Morgan fingerprint density at radius 2 is 2.00 bits per heavy atom. The van der Waals surface area contributed by atoms with Crippen LogP contribution in [0.2, 0.25) is 0 Å². The Kier molecular flexibility index (Phi) is 4.29. The minimum atomic E-state index is -1.39. The van der Waals surface area contributed by atoms with E-state index in [1.165, 1.54) is 0 Å². The smallest absolute Gasteiger partial charge is 0.872 e. The molecule has 1 aromatic rings. The van der Waals surface area contributed by atoms with Crippen LogP contribution in [-0.2, 0) is 22.4 Å². The van der Waals surface area contributed by atoms with Crippen molar-refractivity contribution in [1.29, 1.82) is 0 Å². The number of hydrogen-bond donors (Lipinski definition) is 1. The minimum absolute atomic E-state index is 0. The topological polar surface area (TPSA) is 104 Å². The summed E-state index contributed by atoms with van der Waals surface area (Å²) in [5.41, 5.74) is -0.874. The molecule has 0 aliphatic rings. The average molecular weight is 290 g/mol. The van der Waals surface area contributed by atoms with Crippen molar-refractivity contribution < 1.29 is 42.3 Å². The molecular formula is C7H4AgNO5. The fourth-order valence-corrected chi connectivity index (χ4v) is 0.801. The average Bonchev–Trinajstić information content (AvgIpc) is 2.03. The Bertz CT molecular complexity index is 378. The molecule has 1 N–H and O–H groups in total. The molecule has 0 aliphatic heterocycles. The first kappa shape index (κ1) is 12.6. The molecule has 0 aromatic heterocycles. The van der Waals surface area contributed by atoms with Crippen LogP contribution in [0.25, 0.3) is 0 Å². The number of carboxylic acid groups (broad SMARTS) is 1. The summed E-state index contributed by atoms with van der Waals surface area (Å²) in [5, 5.41) is 29.5. The first-order chi connectivity index (χ1) is 6.02. The van der Waals surface area contributed by atoms with Crippen LogP contribution in [0, 0.1) is 10.1 Å². The second kappa shape index (κ2) is 4.75. The van der Waals surface area contributed by atoms with Gasteiger partial charge in [0.15, 0.2) is 0 Å². The Balaban J connectivity index is 0.00000169. The van der Waals surface area contributed by atoms with Crippen LogP contribution in [0.4, 0.5) is 5.69 Å². The first-order valence-corrected chi connectivity index (χ1v) is 3.21. The van der Waals surface area contributed by atoms with E-state index in [1.807, 2.05) is 0 Å². The molecule has 0 spiro atoms. The first-order valence-electron chi connectivity index (χ1n) is 3.21. The molecule has 7 heteroatoms. The summed E-state index contributed by atoms with van der Waals surface area (Å²) in [5.74, 6) is -2.25. The summed E-state index contributed by atoms with van der Waals surface area (Å²) < 4.78 is 0. The third-order valence-corrected chi connectivity index (χ3v) is 1.41. The molecule has 1 aromatic carbocycles. The van der Waals surface area contributed by atoms with Gasteiger partial charge in [-0.2, -0.15) is 0 Å². The van der Waals surface area contributed by atoms with Gasteiger partial charge in [0.2, 0.25) is 0 Å². The van der Waals surface area contributed by atoms with Crippen molar-refractivity contribution in [2.75, 3.05) is 0 Å². The zero-order valence-corrected chi connectivity index (χ0v) is 8.04. The predicted molar refractivity (Wildman–Crippen MR) is 39.5 cm³/mol. The molecule has 6 nitrogen and oxygen atoms in total. The van der Waals surface area contributed by atoms with E-state index in [4.69, 9.17) is 5.11 Å². The third kappa shape index (κ3) is 2.56. The Morgan fingerprint density at radius 1 is 1.43 bits per heavy atom. The second-order valence-electron chi connectivity index (χ2n) is 2.24. The maximum absolute atomic E-state index is 10.9. The van der Waals surface area contributed by atoms with Crippen LogP contribution < -0.4 is 5.11 Å². The van der Waals surface area contributed by atoms with Crippen LogP contribution in [0.1, 0.15) is 10.4 Å². The summed E-state index contributed by atoms with van der Waals surface area (Å²) in [6.07, 6.45) is 0. The largest absolute Gasteiger partial charge is 1.00 e. The van der Waals surface area contributed by atoms with Gasteiger partial charge in [-0.15, -0.1) is 0 Å². The number of aromatic carboxylic acids is 1. The molecule has 14 heavy (non-hydrogen) atoms. The van der Waals surface area contributed by atoms with E-state index in [0.717, 1.165) is 12.1 Å². The summed E-state index contributed by atoms with van der Waals surface area (Å²) in [6.45, 7) is 0. The van der Waals surface area contributed by atoms with Crippen LogP contribution in [-0.4, -0.2) is 16.0 Å². The number of carbonyl (C=O) groups is 1. The normalized spacial score (nSPS) is 8.86. The molecule has 0 amide bonds. The molecule has 0 aliphatic carbocycles. The zero-order valence-electron chi connectivity index (χ0n) is 6.56. The molecule has 1 rings (SSSR count). The van der Waals surface area contributed by atoms with Crippen LogP contribution >= 0.6 is 0 Å². The van der Waals surface area contributed by atoms with Gasteiger partial charge in [-0.3, -0.25) is 10.1 Å². The van der Waals surface area contributed by atoms with E-state index in [1.54, 1.807) is 0 Å². The summed E-state index contributed by atoms with van der Waals surface area (Å²) in [4.78, 5) is 19.7. The number of nitro groups is 1. The number of carboxylic acids is 1. The SMILES string of the molecule is O=C(O)c1ccc([N+](=O)[O-])cc1[O-].[Ag+]. The van der Waals surface area contributed by atoms with Crippen LogP contribution in [0.3, 0.4) is 0 Å². The quantitative estimate of drug-likeness (QED) is 0.481. The molecule has 0 saturated heterocycles. The van der Waals surface area contributed by atoms with E-state index in [9.17, 15) is 20.0 Å². The molecular weight excluding hydrogens is 286 g/mol. The van der Waals surface area contributed by atoms with Crippen molar-refractivity contribution in [1.82, 2.24) is 0 Å². The van der Waals surface area contributed by atoms with Gasteiger partial charge in [0.25, 0.3) is 5.69 Å². The number of rotatable bonds is 2. The number of nitro benzene ring substituents is 1. The Hall–Kier alpha value is -1.37. The van der Waals surface area contributed by atoms with Gasteiger partial charge < -0.3 is 10.2 Å². The third-order valence-electron chi connectivity index (χ3n) is 1.41. The van der Waals surface area contributed by atoms with E-state index in [0.29, 0.717) is 6.07 Å². The van der Waals surface area contributed by atoms with Gasteiger partial charge in [-0.25, -0.2) is 4.79 Å². The van der Waals surface area contributed by atoms with Gasteiger partial charge in [0, 0.05) is 12.1 Å². The van der Waals surface area contributed by atoms with Gasteiger partial charge in [0.05, 0.1) is 10.5 Å². The number of benzene rings is 1. The van der Waals surface area contributed by atoms with Crippen LogP contribution in [0.5, 0.6) is 5.75 Å². The molecule has 0 atom stereocenters. The zero-order chi connectivity index (χ0) is 10.0. The standard InChI is InChI=1S/C7H5NO5.Ag/c9-6-3-4(8(12)13)1-2-5(6)7(10)11;/h1-3,9H,(H,10,11);/q;+1/p-1. The number of non-ortho nitro benzene ring substituents is 1. The van der Waals surface area contributed by atoms with Crippen molar-refractivity contribution in [3.8, 4) is 5.75 Å². The second-order valence-corrected chi connectivity index (χ2v) is 2.24. The fourth-order valence-electron chi connectivity index (χ4n) is 0.801. The Labute approximate surface area is 93.8 Å². The van der Waals surface area contributed by atoms with Gasteiger partial charge in [-0.1, -0.05) is 5.75 Å². The predicted octanol–water partition coefficient (Wildman–Crippen LogP) is 0.364. The van der Waals surface area contributed by atoms with Crippen molar-refractivity contribution >= 4 is 11.7 Å². The molecule has 0 saturated carbocycles. The molecule has 0 bridgehead atoms. The Morgan fingerprint density at radius 3 is 2.36 bits per heavy atom. The molecule has 0 unspecified atom stereocenters. The maximum Gasteiger partial charge on any atom is 1.00 e. The van der Waals surface area contributed by atoms with E-state index in [-0.39, 0.29) is 22.4 Å². The van der Waals surface area contributed by atoms with E-state index < -0.39 is 27.9 Å². The summed E-state index contributed by atoms with van der Waals surface area (Å²) in [6, 6.07) is 2.58. The summed E-state index contributed by atoms with van der Waals surface area (Å²) in [7, 11) is 0. The maximum atomic E-state index is 10.9. The molecule has 0 fully saturated rings. The van der Waals surface area contributed by atoms with Gasteiger partial charge >= 0.3 is 28.3 Å². The van der Waals surface area contributed by atoms with E-state index >= 15 is 0 Å². The minimum Gasteiger partial charge on any atom is -0.872 e. The van der Waals surface area contributed by atoms with E-state index in [2.05, 4.69) is 0 Å². The van der Waals surface area contributed by atoms with Crippen molar-refractivity contribution in [2.24, 2.45) is 0 Å². The summed E-state index contributed by atoms with van der Waals surface area (Å²) >= 11 is 0. The van der Waals surface area contributed by atoms with Crippen LogP contribution in [0.15, 0.2) is 18.2 Å². The molecule has 78 valence electrons. The van der Waals surface area contributed by atoms with Gasteiger partial charge in [0.1, 0.15) is 0 Å². The van der Waals surface area contributed by atoms with Crippen molar-refractivity contribution in [3.05, 3.63) is 33.9 Å². The molecule has 0 radical (unpaired) electrons.